The molecule has 0 saturated carbocycles. The molecule has 0 heteroatoms. The Morgan fingerprint density at radius 1 is 0.700 bits per heavy atom. The van der Waals surface area contributed by atoms with E-state index in [1.54, 1.807) is 0 Å². The summed E-state index contributed by atoms with van der Waals surface area (Å²) in [6, 6.07) is 24.0. The standard InChI is InChI=1S/C30H18/c1-3-19-5-7-21-9-11-23-13-15-25-16-14-24-12-10-22-8-6-20(4-2)18-27(22)29(24)30(25)28(23)26(21)17-19/h1-2,5-17,20H,18H2. The Morgan fingerprint density at radius 3 is 2.07 bits per heavy atom. The minimum Gasteiger partial charge on any atom is -0.119 e. The van der Waals surface area contributed by atoms with Gasteiger partial charge >= 0.3 is 0 Å². The number of hydrogen-bond acceptors (Lipinski definition) is 0. The lowest BCUT2D eigenvalue weighted by Crippen LogP contribution is -2.05. The lowest BCUT2D eigenvalue weighted by Gasteiger charge is -2.20. The smallest absolute Gasteiger partial charge is 0.0424 e. The monoisotopic (exact) mass is 378 g/mol. The molecule has 0 saturated heterocycles. The molecule has 0 nitrogen and oxygen atoms in total. The average Bonchev–Trinajstić information content (AvgIpc) is 2.82. The molecular weight excluding hydrogens is 360 g/mol. The summed E-state index contributed by atoms with van der Waals surface area (Å²) in [4.78, 5) is 0. The van der Waals surface area contributed by atoms with Crippen molar-refractivity contribution in [2.75, 3.05) is 0 Å². The van der Waals surface area contributed by atoms with Crippen molar-refractivity contribution in [3.8, 4) is 24.7 Å². The van der Waals surface area contributed by atoms with E-state index in [-0.39, 0.29) is 5.92 Å². The van der Waals surface area contributed by atoms with Gasteiger partial charge < -0.3 is 0 Å². The first-order valence-corrected chi connectivity index (χ1v) is 10.2. The molecule has 0 bridgehead atoms. The van der Waals surface area contributed by atoms with Crippen LogP contribution in [0.3, 0.4) is 0 Å². The second-order valence-corrected chi connectivity index (χ2v) is 8.04. The molecule has 5 aromatic carbocycles. The highest BCUT2D eigenvalue weighted by atomic mass is 14.2. The van der Waals surface area contributed by atoms with E-state index in [0.717, 1.165) is 12.0 Å². The zero-order valence-electron chi connectivity index (χ0n) is 16.4. The van der Waals surface area contributed by atoms with E-state index < -0.39 is 0 Å². The molecule has 1 atom stereocenters. The Bertz CT molecular complexity index is 1620. The third kappa shape index (κ3) is 2.32. The van der Waals surface area contributed by atoms with E-state index in [4.69, 9.17) is 12.8 Å². The predicted molar refractivity (Wildman–Crippen MR) is 129 cm³/mol. The van der Waals surface area contributed by atoms with Crippen molar-refractivity contribution in [1.82, 2.24) is 0 Å². The molecule has 0 fully saturated rings. The summed E-state index contributed by atoms with van der Waals surface area (Å²) in [6.07, 6.45) is 16.7. The van der Waals surface area contributed by atoms with E-state index in [9.17, 15) is 0 Å². The van der Waals surface area contributed by atoms with Crippen molar-refractivity contribution in [3.05, 3.63) is 89.5 Å². The normalized spacial score (nSPS) is 15.3. The molecular formula is C30H18. The van der Waals surface area contributed by atoms with Crippen LogP contribution in [0.1, 0.15) is 16.7 Å². The fourth-order valence-electron chi connectivity index (χ4n) is 4.95. The van der Waals surface area contributed by atoms with Crippen LogP contribution in [0.4, 0.5) is 0 Å². The first-order valence-electron chi connectivity index (χ1n) is 10.2. The maximum atomic E-state index is 5.79. The van der Waals surface area contributed by atoms with Gasteiger partial charge in [-0.1, -0.05) is 78.6 Å². The van der Waals surface area contributed by atoms with Gasteiger partial charge in [0.2, 0.25) is 0 Å². The molecule has 0 radical (unpaired) electrons. The summed E-state index contributed by atoms with van der Waals surface area (Å²) in [6.45, 7) is 0. The SMILES string of the molecule is C#Cc1ccc2ccc3ccc4ccc5ccc6c(c5c4c3c2c1)CC(C#C)C=C6. The molecule has 0 spiro atoms. The third-order valence-electron chi connectivity index (χ3n) is 6.42. The lowest BCUT2D eigenvalue weighted by molar-refractivity contribution is 0.831. The molecule has 30 heavy (non-hydrogen) atoms. The van der Waals surface area contributed by atoms with Gasteiger partial charge in [0, 0.05) is 11.5 Å². The van der Waals surface area contributed by atoms with E-state index in [2.05, 4.69) is 84.7 Å². The predicted octanol–water partition coefficient (Wildman–Crippen LogP) is 7.10. The minimum absolute atomic E-state index is 0.137. The van der Waals surface area contributed by atoms with Crippen molar-refractivity contribution in [2.24, 2.45) is 5.92 Å². The Morgan fingerprint density at radius 2 is 1.33 bits per heavy atom. The molecule has 0 aliphatic heterocycles. The Labute approximate surface area is 175 Å². The van der Waals surface area contributed by atoms with Gasteiger partial charge in [-0.3, -0.25) is 0 Å². The number of terminal acetylenes is 2. The van der Waals surface area contributed by atoms with Crippen LogP contribution in [-0.2, 0) is 6.42 Å². The van der Waals surface area contributed by atoms with Crippen molar-refractivity contribution >= 4 is 49.2 Å². The van der Waals surface area contributed by atoms with Crippen molar-refractivity contribution in [2.45, 2.75) is 6.42 Å². The highest BCUT2D eigenvalue weighted by molar-refractivity contribution is 6.28. The largest absolute Gasteiger partial charge is 0.119 e. The number of allylic oxidation sites excluding steroid dienone is 1. The minimum atomic E-state index is 0.137. The quantitative estimate of drug-likeness (QED) is 0.199. The van der Waals surface area contributed by atoms with Gasteiger partial charge in [0.15, 0.2) is 0 Å². The van der Waals surface area contributed by atoms with Crippen molar-refractivity contribution in [1.29, 1.82) is 0 Å². The summed E-state index contributed by atoms with van der Waals surface area (Å²) in [7, 11) is 0. The number of rotatable bonds is 0. The fourth-order valence-corrected chi connectivity index (χ4v) is 4.95. The van der Waals surface area contributed by atoms with E-state index in [0.29, 0.717) is 0 Å². The zero-order valence-corrected chi connectivity index (χ0v) is 16.4. The van der Waals surface area contributed by atoms with E-state index in [1.165, 1.54) is 54.2 Å². The number of hydrogen-bond donors (Lipinski definition) is 0. The van der Waals surface area contributed by atoms with Crippen LogP contribution in [-0.4, -0.2) is 0 Å². The maximum absolute atomic E-state index is 5.79. The summed E-state index contributed by atoms with van der Waals surface area (Å²) in [5, 5.41) is 10.0. The Kier molecular flexibility index (Phi) is 3.52. The summed E-state index contributed by atoms with van der Waals surface area (Å²) >= 11 is 0. The van der Waals surface area contributed by atoms with Gasteiger partial charge in [0.25, 0.3) is 0 Å². The molecule has 0 aromatic heterocycles. The molecule has 0 N–H and O–H groups in total. The van der Waals surface area contributed by atoms with Gasteiger partial charge in [0.05, 0.1) is 0 Å². The fraction of sp³-hybridized carbons (Fsp3) is 0.0667. The molecule has 0 amide bonds. The second kappa shape index (κ2) is 6.25. The van der Waals surface area contributed by atoms with Gasteiger partial charge in [-0.2, -0.15) is 0 Å². The molecule has 1 aliphatic carbocycles. The average molecular weight is 378 g/mol. The van der Waals surface area contributed by atoms with Crippen molar-refractivity contribution in [3.63, 3.8) is 0 Å². The molecule has 138 valence electrons. The van der Waals surface area contributed by atoms with E-state index in [1.807, 2.05) is 6.07 Å². The second-order valence-electron chi connectivity index (χ2n) is 8.04. The number of benzene rings is 5. The number of fused-ring (bicyclic) bond motifs is 9. The molecule has 1 aliphatic rings. The molecule has 5 aromatic rings. The topological polar surface area (TPSA) is 0 Å². The Hall–Kier alpha value is -4.00. The molecule has 0 heterocycles. The Balaban J connectivity index is 1.90. The first kappa shape index (κ1) is 16.9. The van der Waals surface area contributed by atoms with Crippen LogP contribution in [0.5, 0.6) is 0 Å². The summed E-state index contributed by atoms with van der Waals surface area (Å²) < 4.78 is 0. The summed E-state index contributed by atoms with van der Waals surface area (Å²) in [5.41, 5.74) is 3.52. The zero-order chi connectivity index (χ0) is 20.2. The molecule has 6 rings (SSSR count). The summed E-state index contributed by atoms with van der Waals surface area (Å²) in [5.74, 6) is 5.87. The van der Waals surface area contributed by atoms with Gasteiger partial charge in [-0.15, -0.1) is 12.8 Å². The van der Waals surface area contributed by atoms with Crippen molar-refractivity contribution < 1.29 is 0 Å². The van der Waals surface area contributed by atoms with Crippen LogP contribution < -0.4 is 0 Å². The van der Waals surface area contributed by atoms with Gasteiger partial charge in [-0.25, -0.2) is 0 Å². The van der Waals surface area contributed by atoms with Gasteiger partial charge in [0.1, 0.15) is 0 Å². The maximum Gasteiger partial charge on any atom is 0.0424 e. The first-order chi connectivity index (χ1) is 14.8. The van der Waals surface area contributed by atoms with E-state index >= 15 is 0 Å². The molecule has 1 unspecified atom stereocenters. The van der Waals surface area contributed by atoms with Crippen LogP contribution in [0.15, 0.2) is 72.8 Å². The van der Waals surface area contributed by atoms with Crippen LogP contribution in [0.2, 0.25) is 0 Å². The highest BCUT2D eigenvalue weighted by Crippen LogP contribution is 2.40. The van der Waals surface area contributed by atoms with Crippen LogP contribution in [0.25, 0.3) is 49.2 Å². The van der Waals surface area contributed by atoms with Crippen LogP contribution in [0, 0.1) is 30.6 Å². The highest BCUT2D eigenvalue weighted by Gasteiger charge is 2.18. The lowest BCUT2D eigenvalue weighted by atomic mass is 9.83. The van der Waals surface area contributed by atoms with Crippen LogP contribution >= 0.6 is 0 Å². The third-order valence-corrected chi connectivity index (χ3v) is 6.42. The van der Waals surface area contributed by atoms with Gasteiger partial charge in [-0.05, 0) is 72.8 Å².